The van der Waals surface area contributed by atoms with Crippen LogP contribution in [0.1, 0.15) is 26.7 Å². The van der Waals surface area contributed by atoms with Gasteiger partial charge >= 0.3 is 11.9 Å². The zero-order chi connectivity index (χ0) is 11.7. The van der Waals surface area contributed by atoms with Crippen molar-refractivity contribution in [3.63, 3.8) is 0 Å². The zero-order valence-corrected chi connectivity index (χ0v) is 8.43. The summed E-state index contributed by atoms with van der Waals surface area (Å²) in [5.74, 6) is -1.86. The molecular formula is C8H18N2O4. The molecule has 0 radical (unpaired) electrons. The van der Waals surface area contributed by atoms with E-state index in [0.29, 0.717) is 12.8 Å². The fraction of sp³-hybridized carbons (Fsp3) is 0.750. The minimum Gasteiger partial charge on any atom is -0.480 e. The van der Waals surface area contributed by atoms with Crippen LogP contribution in [0.3, 0.4) is 0 Å². The Hall–Kier alpha value is -1.14. The van der Waals surface area contributed by atoms with Crippen molar-refractivity contribution >= 4 is 11.9 Å². The molecule has 0 aliphatic heterocycles. The van der Waals surface area contributed by atoms with E-state index in [1.54, 1.807) is 13.8 Å². The molecule has 0 aromatic heterocycles. The van der Waals surface area contributed by atoms with Crippen LogP contribution < -0.4 is 11.5 Å². The number of aliphatic carboxylic acids is 2. The molecule has 0 heterocycles. The van der Waals surface area contributed by atoms with Gasteiger partial charge in [0.2, 0.25) is 0 Å². The normalized spacial score (nSPS) is 13.4. The number of rotatable bonds is 4. The van der Waals surface area contributed by atoms with E-state index in [-0.39, 0.29) is 0 Å². The highest BCUT2D eigenvalue weighted by Crippen LogP contribution is 1.82. The Bertz CT molecular complexity index is 164. The van der Waals surface area contributed by atoms with Gasteiger partial charge in [-0.05, 0) is 12.8 Å². The molecule has 0 saturated carbocycles. The molecule has 2 atom stereocenters. The molecule has 0 fully saturated rings. The number of carboxylic acid groups (broad SMARTS) is 2. The van der Waals surface area contributed by atoms with Crippen LogP contribution in [0.4, 0.5) is 0 Å². The van der Waals surface area contributed by atoms with Gasteiger partial charge in [-0.2, -0.15) is 0 Å². The Morgan fingerprint density at radius 1 is 1.00 bits per heavy atom. The lowest BCUT2D eigenvalue weighted by Crippen LogP contribution is -2.28. The first-order valence-corrected chi connectivity index (χ1v) is 4.33. The van der Waals surface area contributed by atoms with E-state index < -0.39 is 24.0 Å². The van der Waals surface area contributed by atoms with Crippen LogP contribution in [0.25, 0.3) is 0 Å². The predicted octanol–water partition coefficient (Wildman–Crippen LogP) is -0.383. The van der Waals surface area contributed by atoms with Gasteiger partial charge in [0.1, 0.15) is 12.1 Å². The van der Waals surface area contributed by atoms with E-state index in [1.165, 1.54) is 0 Å². The highest BCUT2D eigenvalue weighted by Gasteiger charge is 2.06. The second-order valence-corrected chi connectivity index (χ2v) is 2.71. The van der Waals surface area contributed by atoms with Crippen molar-refractivity contribution in [2.75, 3.05) is 0 Å². The minimum absolute atomic E-state index is 0.495. The highest BCUT2D eigenvalue weighted by atomic mass is 16.4. The number of hydrogen-bond donors (Lipinski definition) is 4. The van der Waals surface area contributed by atoms with Gasteiger partial charge in [0.25, 0.3) is 0 Å². The molecular weight excluding hydrogens is 188 g/mol. The summed E-state index contributed by atoms with van der Waals surface area (Å²) < 4.78 is 0. The van der Waals surface area contributed by atoms with Gasteiger partial charge in [0.15, 0.2) is 0 Å². The summed E-state index contributed by atoms with van der Waals surface area (Å²) in [5.41, 5.74) is 10.0. The number of carbonyl (C=O) groups is 2. The molecule has 6 N–H and O–H groups in total. The Kier molecular flexibility index (Phi) is 9.27. The third kappa shape index (κ3) is 8.95. The molecule has 0 aliphatic carbocycles. The van der Waals surface area contributed by atoms with Crippen molar-refractivity contribution in [2.24, 2.45) is 11.5 Å². The maximum absolute atomic E-state index is 9.81. The summed E-state index contributed by atoms with van der Waals surface area (Å²) in [6.45, 7) is 3.47. The summed E-state index contributed by atoms with van der Waals surface area (Å²) in [5, 5.41) is 16.1. The van der Waals surface area contributed by atoms with Crippen LogP contribution in [0, 0.1) is 0 Å². The van der Waals surface area contributed by atoms with Gasteiger partial charge in [0, 0.05) is 0 Å². The minimum atomic E-state index is -0.928. The van der Waals surface area contributed by atoms with Gasteiger partial charge in [-0.25, -0.2) is 0 Å². The van der Waals surface area contributed by atoms with Crippen LogP contribution in [0.5, 0.6) is 0 Å². The standard InChI is InChI=1S/2C4H9NO2/c2*1-2-3(5)4(6)7/h2*3H,2,5H2,1H3,(H,6,7)/t2*3-/m11/s1. The van der Waals surface area contributed by atoms with Crippen molar-refractivity contribution in [3.8, 4) is 0 Å². The monoisotopic (exact) mass is 206 g/mol. The summed E-state index contributed by atoms with van der Waals surface area (Å²) in [6, 6.07) is -1.36. The van der Waals surface area contributed by atoms with Crippen LogP contribution >= 0.6 is 0 Å². The van der Waals surface area contributed by atoms with Gasteiger partial charge in [-0.1, -0.05) is 13.8 Å². The summed E-state index contributed by atoms with van der Waals surface area (Å²) in [7, 11) is 0. The molecule has 84 valence electrons. The van der Waals surface area contributed by atoms with Crippen LogP contribution in [-0.4, -0.2) is 34.2 Å². The molecule has 6 heteroatoms. The summed E-state index contributed by atoms with van der Waals surface area (Å²) in [6.07, 6.45) is 0.991. The van der Waals surface area contributed by atoms with Crippen LogP contribution in [-0.2, 0) is 9.59 Å². The Balaban J connectivity index is 0. The van der Waals surface area contributed by atoms with Gasteiger partial charge in [-0.3, -0.25) is 9.59 Å². The summed E-state index contributed by atoms with van der Waals surface area (Å²) in [4.78, 5) is 19.6. The van der Waals surface area contributed by atoms with Crippen LogP contribution in [0.15, 0.2) is 0 Å². The number of hydrogen-bond acceptors (Lipinski definition) is 4. The second-order valence-electron chi connectivity index (χ2n) is 2.71. The molecule has 14 heavy (non-hydrogen) atoms. The van der Waals surface area contributed by atoms with Crippen molar-refractivity contribution in [1.82, 2.24) is 0 Å². The predicted molar refractivity (Wildman–Crippen MR) is 51.8 cm³/mol. The Labute approximate surface area is 82.9 Å². The SMILES string of the molecule is CC[C@@H](N)C(=O)O.CC[C@@H](N)C(=O)O. The zero-order valence-electron chi connectivity index (χ0n) is 8.43. The Morgan fingerprint density at radius 2 is 1.21 bits per heavy atom. The third-order valence-electron chi connectivity index (χ3n) is 1.51. The molecule has 0 aromatic rings. The number of nitrogens with two attached hydrogens (primary N) is 2. The molecule has 0 unspecified atom stereocenters. The van der Waals surface area contributed by atoms with Crippen LogP contribution in [0.2, 0.25) is 0 Å². The maximum Gasteiger partial charge on any atom is 0.320 e. The number of carboxylic acids is 2. The van der Waals surface area contributed by atoms with Gasteiger partial charge in [0.05, 0.1) is 0 Å². The molecule has 0 amide bonds. The van der Waals surface area contributed by atoms with Crippen molar-refractivity contribution in [3.05, 3.63) is 0 Å². The third-order valence-corrected chi connectivity index (χ3v) is 1.51. The molecule has 0 bridgehead atoms. The fourth-order valence-corrected chi connectivity index (χ4v) is 0.349. The van der Waals surface area contributed by atoms with Crippen molar-refractivity contribution < 1.29 is 19.8 Å². The largest absolute Gasteiger partial charge is 0.480 e. The first-order chi connectivity index (χ1) is 6.36. The molecule has 0 spiro atoms. The molecule has 0 rings (SSSR count). The van der Waals surface area contributed by atoms with E-state index >= 15 is 0 Å². The van der Waals surface area contributed by atoms with E-state index in [2.05, 4.69) is 0 Å². The van der Waals surface area contributed by atoms with Crippen molar-refractivity contribution in [1.29, 1.82) is 0 Å². The molecule has 6 nitrogen and oxygen atoms in total. The average molecular weight is 206 g/mol. The van der Waals surface area contributed by atoms with E-state index in [0.717, 1.165) is 0 Å². The lowest BCUT2D eigenvalue weighted by Gasteiger charge is -1.97. The quantitative estimate of drug-likeness (QED) is 0.496. The summed E-state index contributed by atoms with van der Waals surface area (Å²) >= 11 is 0. The topological polar surface area (TPSA) is 127 Å². The maximum atomic E-state index is 9.81. The van der Waals surface area contributed by atoms with Gasteiger partial charge in [-0.15, -0.1) is 0 Å². The first-order valence-electron chi connectivity index (χ1n) is 4.33. The van der Waals surface area contributed by atoms with E-state index in [9.17, 15) is 9.59 Å². The molecule has 0 aliphatic rings. The molecule has 0 saturated heterocycles. The van der Waals surface area contributed by atoms with E-state index in [1.807, 2.05) is 0 Å². The lowest BCUT2D eigenvalue weighted by atomic mass is 10.2. The molecule has 0 aromatic carbocycles. The van der Waals surface area contributed by atoms with E-state index in [4.69, 9.17) is 21.7 Å². The van der Waals surface area contributed by atoms with Gasteiger partial charge < -0.3 is 21.7 Å². The van der Waals surface area contributed by atoms with Crippen molar-refractivity contribution in [2.45, 2.75) is 38.8 Å². The highest BCUT2D eigenvalue weighted by molar-refractivity contribution is 5.73. The second kappa shape index (κ2) is 8.46. The first kappa shape index (κ1) is 15.3. The average Bonchev–Trinajstić information content (AvgIpc) is 2.15. The lowest BCUT2D eigenvalue weighted by molar-refractivity contribution is -0.139. The Morgan fingerprint density at radius 3 is 1.21 bits per heavy atom. The fourth-order valence-electron chi connectivity index (χ4n) is 0.349. The smallest absolute Gasteiger partial charge is 0.320 e.